The molecule has 0 unspecified atom stereocenters. The van der Waals surface area contributed by atoms with Crippen LogP contribution in [0.25, 0.3) is 0 Å². The van der Waals surface area contributed by atoms with Gasteiger partial charge < -0.3 is 15.4 Å². The van der Waals surface area contributed by atoms with Crippen molar-refractivity contribution >= 4 is 17.4 Å². The summed E-state index contributed by atoms with van der Waals surface area (Å²) in [4.78, 5) is 16.3. The number of carbonyl (C=O) groups excluding carboxylic acids is 1. The zero-order valence-electron chi connectivity index (χ0n) is 13.7. The Morgan fingerprint density at radius 3 is 2.58 bits per heavy atom. The number of hydrogen-bond acceptors (Lipinski definition) is 4. The molecule has 126 valence electrons. The number of rotatable bonds is 6. The van der Waals surface area contributed by atoms with E-state index in [0.29, 0.717) is 17.5 Å². The van der Waals surface area contributed by atoms with Gasteiger partial charge >= 0.3 is 0 Å². The van der Waals surface area contributed by atoms with E-state index in [-0.39, 0.29) is 12.5 Å². The van der Waals surface area contributed by atoms with Crippen LogP contribution in [0.15, 0.2) is 48.7 Å². The minimum atomic E-state index is -0.200. The molecule has 2 N–H and O–H groups in total. The van der Waals surface area contributed by atoms with Crippen molar-refractivity contribution < 1.29 is 9.53 Å². The topological polar surface area (TPSA) is 63.2 Å². The average molecular weight is 325 g/mol. The number of para-hydroxylation sites is 1. The van der Waals surface area contributed by atoms with E-state index < -0.39 is 0 Å². The molecular weight excluding hydrogens is 302 g/mol. The Kier molecular flexibility index (Phi) is 5.66. The molecule has 24 heavy (non-hydrogen) atoms. The molecule has 5 heteroatoms. The lowest BCUT2D eigenvalue weighted by atomic mass is 9.95. The van der Waals surface area contributed by atoms with Gasteiger partial charge in [-0.1, -0.05) is 37.5 Å². The van der Waals surface area contributed by atoms with E-state index in [1.54, 1.807) is 6.20 Å². The lowest BCUT2D eigenvalue weighted by molar-refractivity contribution is -0.118. The third-order valence-electron chi connectivity index (χ3n) is 4.12. The highest BCUT2D eigenvalue weighted by Crippen LogP contribution is 2.21. The first kappa shape index (κ1) is 16.3. The third kappa shape index (κ3) is 4.98. The molecule has 0 spiro atoms. The summed E-state index contributed by atoms with van der Waals surface area (Å²) in [5.74, 6) is 1.34. The number of nitrogens with zero attached hydrogens (tertiary/aromatic N) is 1. The van der Waals surface area contributed by atoms with Crippen molar-refractivity contribution in [2.45, 2.75) is 38.1 Å². The van der Waals surface area contributed by atoms with E-state index in [2.05, 4.69) is 15.6 Å². The highest BCUT2D eigenvalue weighted by atomic mass is 16.5. The van der Waals surface area contributed by atoms with Gasteiger partial charge in [0.25, 0.3) is 5.91 Å². The van der Waals surface area contributed by atoms with Crippen molar-refractivity contribution in [1.82, 2.24) is 4.98 Å². The molecule has 0 aliphatic heterocycles. The average Bonchev–Trinajstić information content (AvgIpc) is 2.63. The molecule has 1 aliphatic carbocycles. The number of amides is 1. The van der Waals surface area contributed by atoms with Gasteiger partial charge in [-0.2, -0.15) is 0 Å². The SMILES string of the molecule is O=C(COc1ccccc1)Nc1ccc(NC2CCCCC2)nc1. The van der Waals surface area contributed by atoms with Crippen molar-refractivity contribution in [3.05, 3.63) is 48.7 Å². The van der Waals surface area contributed by atoms with Crippen LogP contribution in [0.1, 0.15) is 32.1 Å². The largest absolute Gasteiger partial charge is 0.484 e. The first-order chi connectivity index (χ1) is 11.8. The highest BCUT2D eigenvalue weighted by molar-refractivity contribution is 5.91. The van der Waals surface area contributed by atoms with Crippen molar-refractivity contribution in [2.24, 2.45) is 0 Å². The Hall–Kier alpha value is -2.56. The second-order valence-electron chi connectivity index (χ2n) is 6.06. The van der Waals surface area contributed by atoms with Crippen LogP contribution >= 0.6 is 0 Å². The van der Waals surface area contributed by atoms with Crippen LogP contribution in [0, 0.1) is 0 Å². The van der Waals surface area contributed by atoms with Gasteiger partial charge in [-0.3, -0.25) is 4.79 Å². The van der Waals surface area contributed by atoms with Crippen LogP contribution in [0.4, 0.5) is 11.5 Å². The molecule has 0 radical (unpaired) electrons. The number of benzene rings is 1. The predicted molar refractivity (Wildman–Crippen MR) is 95.3 cm³/mol. The molecular formula is C19H23N3O2. The smallest absolute Gasteiger partial charge is 0.262 e. The van der Waals surface area contributed by atoms with Gasteiger partial charge in [0.1, 0.15) is 11.6 Å². The summed E-state index contributed by atoms with van der Waals surface area (Å²) in [6.45, 7) is -0.0217. The normalized spacial score (nSPS) is 14.8. The highest BCUT2D eigenvalue weighted by Gasteiger charge is 2.13. The molecule has 1 saturated carbocycles. The van der Waals surface area contributed by atoms with Gasteiger partial charge in [0, 0.05) is 6.04 Å². The van der Waals surface area contributed by atoms with Crippen LogP contribution in [0.2, 0.25) is 0 Å². The number of pyridine rings is 1. The second-order valence-corrected chi connectivity index (χ2v) is 6.06. The molecule has 1 aromatic heterocycles. The Morgan fingerprint density at radius 2 is 1.88 bits per heavy atom. The first-order valence-corrected chi connectivity index (χ1v) is 8.50. The van der Waals surface area contributed by atoms with Crippen LogP contribution in [0.5, 0.6) is 5.75 Å². The van der Waals surface area contributed by atoms with Gasteiger partial charge in [-0.15, -0.1) is 0 Å². The molecule has 3 rings (SSSR count). The van der Waals surface area contributed by atoms with Gasteiger partial charge in [-0.05, 0) is 37.1 Å². The monoisotopic (exact) mass is 325 g/mol. The summed E-state index contributed by atoms with van der Waals surface area (Å²) in [5, 5.41) is 6.25. The number of nitrogens with one attached hydrogen (secondary N) is 2. The molecule has 0 bridgehead atoms. The predicted octanol–water partition coefficient (Wildman–Crippen LogP) is 3.84. The minimum Gasteiger partial charge on any atom is -0.484 e. The summed E-state index contributed by atoms with van der Waals surface area (Å²) in [6, 6.07) is 13.6. The van der Waals surface area contributed by atoms with Crippen LogP contribution in [0.3, 0.4) is 0 Å². The molecule has 1 amide bonds. The van der Waals surface area contributed by atoms with Gasteiger partial charge in [-0.25, -0.2) is 4.98 Å². The van der Waals surface area contributed by atoms with Crippen LogP contribution in [-0.4, -0.2) is 23.5 Å². The fraction of sp³-hybridized carbons (Fsp3) is 0.368. The fourth-order valence-electron chi connectivity index (χ4n) is 2.87. The van der Waals surface area contributed by atoms with Crippen molar-refractivity contribution in [3.8, 4) is 5.75 Å². The zero-order chi connectivity index (χ0) is 16.6. The van der Waals surface area contributed by atoms with E-state index in [1.807, 2.05) is 42.5 Å². The second kappa shape index (κ2) is 8.34. The molecule has 0 saturated heterocycles. The van der Waals surface area contributed by atoms with E-state index in [9.17, 15) is 4.79 Å². The first-order valence-electron chi connectivity index (χ1n) is 8.50. The zero-order valence-corrected chi connectivity index (χ0v) is 13.7. The number of ether oxygens (including phenoxy) is 1. The maximum Gasteiger partial charge on any atom is 0.262 e. The Balaban J connectivity index is 1.45. The molecule has 1 heterocycles. The molecule has 1 aromatic carbocycles. The van der Waals surface area contributed by atoms with Crippen LogP contribution in [-0.2, 0) is 4.79 Å². The maximum absolute atomic E-state index is 11.9. The summed E-state index contributed by atoms with van der Waals surface area (Å²) in [5.41, 5.74) is 0.672. The number of hydrogen-bond donors (Lipinski definition) is 2. The molecule has 1 fully saturated rings. The summed E-state index contributed by atoms with van der Waals surface area (Å²) >= 11 is 0. The Bertz CT molecular complexity index is 637. The summed E-state index contributed by atoms with van der Waals surface area (Å²) in [7, 11) is 0. The molecule has 5 nitrogen and oxygen atoms in total. The lowest BCUT2D eigenvalue weighted by Gasteiger charge is -2.23. The van der Waals surface area contributed by atoms with Gasteiger partial charge in [0.05, 0.1) is 11.9 Å². The van der Waals surface area contributed by atoms with Crippen molar-refractivity contribution in [1.29, 1.82) is 0 Å². The number of aromatic nitrogens is 1. The van der Waals surface area contributed by atoms with Crippen molar-refractivity contribution in [2.75, 3.05) is 17.2 Å². The maximum atomic E-state index is 11.9. The third-order valence-corrected chi connectivity index (χ3v) is 4.12. The van der Waals surface area contributed by atoms with Crippen molar-refractivity contribution in [3.63, 3.8) is 0 Å². The van der Waals surface area contributed by atoms with Gasteiger partial charge in [0.15, 0.2) is 6.61 Å². The van der Waals surface area contributed by atoms with Crippen LogP contribution < -0.4 is 15.4 Å². The molecule has 1 aliphatic rings. The van der Waals surface area contributed by atoms with E-state index >= 15 is 0 Å². The molecule has 0 atom stereocenters. The Morgan fingerprint density at radius 1 is 1.08 bits per heavy atom. The van der Waals surface area contributed by atoms with E-state index in [1.165, 1.54) is 32.1 Å². The van der Waals surface area contributed by atoms with E-state index in [4.69, 9.17) is 4.74 Å². The minimum absolute atomic E-state index is 0.0217. The fourth-order valence-corrected chi connectivity index (χ4v) is 2.87. The quantitative estimate of drug-likeness (QED) is 0.847. The number of carbonyl (C=O) groups is 1. The standard InChI is InChI=1S/C19H23N3O2/c23-19(14-24-17-9-5-2-6-10-17)22-16-11-12-18(20-13-16)21-15-7-3-1-4-8-15/h2,5-6,9-13,15H,1,3-4,7-8,14H2,(H,20,21)(H,22,23). The van der Waals surface area contributed by atoms with Gasteiger partial charge in [0.2, 0.25) is 0 Å². The summed E-state index contributed by atoms with van der Waals surface area (Å²) in [6.07, 6.45) is 7.99. The Labute approximate surface area is 142 Å². The molecule has 2 aromatic rings. The summed E-state index contributed by atoms with van der Waals surface area (Å²) < 4.78 is 5.42. The lowest BCUT2D eigenvalue weighted by Crippen LogP contribution is -2.23. The number of anilines is 2. The van der Waals surface area contributed by atoms with E-state index in [0.717, 1.165) is 5.82 Å².